The maximum absolute atomic E-state index is 11.4. The minimum atomic E-state index is -1.42. The van der Waals surface area contributed by atoms with Crippen LogP contribution >= 0.6 is 0 Å². The number of aliphatic carboxylic acids is 1. The molecule has 0 aliphatic carbocycles. The number of nitrogens with one attached hydrogen (secondary N) is 2. The number of amides is 1. The molecule has 0 aromatic rings. The van der Waals surface area contributed by atoms with Crippen LogP contribution in [0.1, 0.15) is 12.8 Å². The highest BCUT2D eigenvalue weighted by molar-refractivity contribution is 5.76. The molecule has 0 bridgehead atoms. The summed E-state index contributed by atoms with van der Waals surface area (Å²) in [4.78, 5) is 21.7. The molecule has 7 heteroatoms. The van der Waals surface area contributed by atoms with E-state index in [1.807, 2.05) is 0 Å². The van der Waals surface area contributed by atoms with Gasteiger partial charge in [-0.05, 0) is 0 Å². The van der Waals surface area contributed by atoms with Crippen molar-refractivity contribution in [1.82, 2.24) is 10.6 Å². The van der Waals surface area contributed by atoms with E-state index >= 15 is 0 Å². The molecule has 2 atom stereocenters. The van der Waals surface area contributed by atoms with Crippen molar-refractivity contribution in [2.45, 2.75) is 25.0 Å². The summed E-state index contributed by atoms with van der Waals surface area (Å²) >= 11 is 0. The summed E-state index contributed by atoms with van der Waals surface area (Å²) in [5, 5.41) is 23.1. The number of morpholine rings is 1. The molecule has 1 aliphatic heterocycles. The average molecular weight is 246 g/mol. The molecule has 1 amide bonds. The second-order valence-electron chi connectivity index (χ2n) is 3.92. The minimum Gasteiger partial charge on any atom is -0.479 e. The molecule has 4 N–H and O–H groups in total. The SMILES string of the molecule is O=C(CC1COCCN1)NCCC(O)C(=O)O. The lowest BCUT2D eigenvalue weighted by Crippen LogP contribution is -2.44. The van der Waals surface area contributed by atoms with E-state index < -0.39 is 12.1 Å². The van der Waals surface area contributed by atoms with Crippen LogP contribution in [0.2, 0.25) is 0 Å². The monoisotopic (exact) mass is 246 g/mol. The predicted octanol–water partition coefficient (Wildman–Crippen LogP) is -1.68. The van der Waals surface area contributed by atoms with Crippen LogP contribution in [-0.4, -0.2) is 60.5 Å². The zero-order valence-electron chi connectivity index (χ0n) is 9.52. The molecule has 0 spiro atoms. The molecule has 1 saturated heterocycles. The largest absolute Gasteiger partial charge is 0.479 e. The number of aliphatic hydroxyl groups is 1. The fourth-order valence-corrected chi connectivity index (χ4v) is 1.52. The van der Waals surface area contributed by atoms with Gasteiger partial charge in [0.15, 0.2) is 6.10 Å². The maximum Gasteiger partial charge on any atom is 0.332 e. The molecule has 98 valence electrons. The Hall–Kier alpha value is -1.18. The molecular weight excluding hydrogens is 228 g/mol. The van der Waals surface area contributed by atoms with E-state index in [1.54, 1.807) is 0 Å². The van der Waals surface area contributed by atoms with Gasteiger partial charge in [0.25, 0.3) is 0 Å². The van der Waals surface area contributed by atoms with Crippen LogP contribution in [0.3, 0.4) is 0 Å². The van der Waals surface area contributed by atoms with Crippen molar-refractivity contribution in [2.24, 2.45) is 0 Å². The number of ether oxygens (including phenoxy) is 1. The fraction of sp³-hybridized carbons (Fsp3) is 0.800. The van der Waals surface area contributed by atoms with Gasteiger partial charge in [-0.1, -0.05) is 0 Å². The summed E-state index contributed by atoms with van der Waals surface area (Å²) in [5.74, 6) is -1.45. The van der Waals surface area contributed by atoms with Crippen LogP contribution < -0.4 is 10.6 Å². The van der Waals surface area contributed by atoms with E-state index in [4.69, 9.17) is 14.9 Å². The molecule has 0 aromatic heterocycles. The Labute approximate surface area is 99.1 Å². The maximum atomic E-state index is 11.4. The molecule has 0 saturated carbocycles. The van der Waals surface area contributed by atoms with E-state index in [0.717, 1.165) is 6.54 Å². The molecule has 7 nitrogen and oxygen atoms in total. The second-order valence-corrected chi connectivity index (χ2v) is 3.92. The Morgan fingerprint density at radius 1 is 1.53 bits per heavy atom. The van der Waals surface area contributed by atoms with Crippen LogP contribution in [0, 0.1) is 0 Å². The summed E-state index contributed by atoms with van der Waals surface area (Å²) in [6, 6.07) is 0.00754. The summed E-state index contributed by atoms with van der Waals surface area (Å²) < 4.78 is 5.20. The lowest BCUT2D eigenvalue weighted by Gasteiger charge is -2.23. The lowest BCUT2D eigenvalue weighted by molar-refractivity contribution is -0.147. The van der Waals surface area contributed by atoms with Gasteiger partial charge in [-0.15, -0.1) is 0 Å². The number of rotatable bonds is 6. The number of hydrogen-bond donors (Lipinski definition) is 4. The zero-order valence-corrected chi connectivity index (χ0v) is 9.52. The van der Waals surface area contributed by atoms with Gasteiger partial charge < -0.3 is 25.6 Å². The molecule has 1 rings (SSSR count). The number of carbonyl (C=O) groups is 2. The van der Waals surface area contributed by atoms with Gasteiger partial charge in [-0.25, -0.2) is 4.79 Å². The fourth-order valence-electron chi connectivity index (χ4n) is 1.52. The quantitative estimate of drug-likeness (QED) is 0.446. The highest BCUT2D eigenvalue weighted by Crippen LogP contribution is 1.98. The number of carbonyl (C=O) groups excluding carboxylic acids is 1. The van der Waals surface area contributed by atoms with Crippen molar-refractivity contribution in [3.63, 3.8) is 0 Å². The number of carboxylic acid groups (broad SMARTS) is 1. The molecular formula is C10H18N2O5. The third-order valence-electron chi connectivity index (χ3n) is 2.46. The van der Waals surface area contributed by atoms with Crippen molar-refractivity contribution < 1.29 is 24.5 Å². The van der Waals surface area contributed by atoms with Gasteiger partial charge in [0.1, 0.15) is 0 Å². The molecule has 1 fully saturated rings. The van der Waals surface area contributed by atoms with Crippen LogP contribution in [0.5, 0.6) is 0 Å². The number of hydrogen-bond acceptors (Lipinski definition) is 5. The Kier molecular flexibility index (Phi) is 5.88. The van der Waals surface area contributed by atoms with Gasteiger partial charge >= 0.3 is 5.97 Å². The highest BCUT2D eigenvalue weighted by Gasteiger charge is 2.17. The van der Waals surface area contributed by atoms with Gasteiger partial charge in [0.05, 0.1) is 13.2 Å². The molecule has 0 aromatic carbocycles. The molecule has 2 unspecified atom stereocenters. The average Bonchev–Trinajstić information content (AvgIpc) is 2.30. The topological polar surface area (TPSA) is 108 Å². The first-order valence-electron chi connectivity index (χ1n) is 5.58. The van der Waals surface area contributed by atoms with Crippen molar-refractivity contribution in [1.29, 1.82) is 0 Å². The Morgan fingerprint density at radius 3 is 2.88 bits per heavy atom. The first-order valence-corrected chi connectivity index (χ1v) is 5.58. The first-order chi connectivity index (χ1) is 8.09. The Bertz CT molecular complexity index is 265. The van der Waals surface area contributed by atoms with Gasteiger partial charge in [-0.3, -0.25) is 4.79 Å². The molecule has 1 heterocycles. The summed E-state index contributed by atoms with van der Waals surface area (Å²) in [7, 11) is 0. The van der Waals surface area contributed by atoms with E-state index in [1.165, 1.54) is 0 Å². The molecule has 17 heavy (non-hydrogen) atoms. The van der Waals surface area contributed by atoms with Crippen molar-refractivity contribution in [3.8, 4) is 0 Å². The van der Waals surface area contributed by atoms with Crippen molar-refractivity contribution in [2.75, 3.05) is 26.3 Å². The van der Waals surface area contributed by atoms with Gasteiger partial charge in [0.2, 0.25) is 5.91 Å². The lowest BCUT2D eigenvalue weighted by atomic mass is 10.2. The second kappa shape index (κ2) is 7.21. The van der Waals surface area contributed by atoms with E-state index in [0.29, 0.717) is 19.6 Å². The zero-order chi connectivity index (χ0) is 12.7. The van der Waals surface area contributed by atoms with E-state index in [-0.39, 0.29) is 24.9 Å². The molecule has 0 radical (unpaired) electrons. The standard InChI is InChI=1S/C10H18N2O5/c13-8(10(15)16)1-2-12-9(14)5-7-6-17-4-3-11-7/h7-8,11,13H,1-6H2,(H,12,14)(H,15,16). The first kappa shape index (κ1) is 13.9. The Morgan fingerprint density at radius 2 is 2.29 bits per heavy atom. The summed E-state index contributed by atoms with van der Waals surface area (Å²) in [5.41, 5.74) is 0. The van der Waals surface area contributed by atoms with Crippen molar-refractivity contribution in [3.05, 3.63) is 0 Å². The van der Waals surface area contributed by atoms with Crippen LogP contribution in [-0.2, 0) is 14.3 Å². The van der Waals surface area contributed by atoms with Crippen molar-refractivity contribution >= 4 is 11.9 Å². The summed E-state index contributed by atoms with van der Waals surface area (Å²) in [6.07, 6.45) is -1.12. The third kappa shape index (κ3) is 5.62. The minimum absolute atomic E-state index is 0.00754. The van der Waals surface area contributed by atoms with Crippen LogP contribution in [0.25, 0.3) is 0 Å². The predicted molar refractivity (Wildman–Crippen MR) is 58.5 cm³/mol. The van der Waals surface area contributed by atoms with Gasteiger partial charge in [-0.2, -0.15) is 0 Å². The molecule has 1 aliphatic rings. The third-order valence-corrected chi connectivity index (χ3v) is 2.46. The van der Waals surface area contributed by atoms with Gasteiger partial charge in [0, 0.05) is 32.0 Å². The Balaban J connectivity index is 2.10. The van der Waals surface area contributed by atoms with E-state index in [2.05, 4.69) is 10.6 Å². The highest BCUT2D eigenvalue weighted by atomic mass is 16.5. The van der Waals surface area contributed by atoms with E-state index in [9.17, 15) is 9.59 Å². The normalized spacial score (nSPS) is 21.8. The number of aliphatic hydroxyl groups excluding tert-OH is 1. The smallest absolute Gasteiger partial charge is 0.332 e. The number of carboxylic acids is 1. The summed E-state index contributed by atoms with van der Waals surface area (Å²) in [6.45, 7) is 2.05. The van der Waals surface area contributed by atoms with Crippen LogP contribution in [0.4, 0.5) is 0 Å². The van der Waals surface area contributed by atoms with Crippen LogP contribution in [0.15, 0.2) is 0 Å².